The molecule has 1 aliphatic rings. The van der Waals surface area contributed by atoms with Crippen LogP contribution in [0.3, 0.4) is 0 Å². The van der Waals surface area contributed by atoms with Gasteiger partial charge in [-0.1, -0.05) is 13.2 Å². The quantitative estimate of drug-likeness (QED) is 0.236. The van der Waals surface area contributed by atoms with Gasteiger partial charge in [0, 0.05) is 37.0 Å². The van der Waals surface area contributed by atoms with Crippen LogP contribution in [0.15, 0.2) is 73.6 Å². The highest BCUT2D eigenvalue weighted by Gasteiger charge is 2.35. The van der Waals surface area contributed by atoms with E-state index in [4.69, 9.17) is 0 Å². The van der Waals surface area contributed by atoms with E-state index in [1.807, 2.05) is 0 Å². The number of likely N-dealkylation sites (tertiary alicyclic amines) is 1. The maximum absolute atomic E-state index is 13.5. The largest absolute Gasteiger partial charge is 0.416 e. The molecule has 0 unspecified atom stereocenters. The summed E-state index contributed by atoms with van der Waals surface area (Å²) in [5, 5.41) is 8.91. The normalized spacial score (nSPS) is 14.5. The van der Waals surface area contributed by atoms with Crippen molar-refractivity contribution < 1.29 is 26.3 Å². The first-order valence-electron chi connectivity index (χ1n) is 10.7. The van der Waals surface area contributed by atoms with Crippen LogP contribution in [0.1, 0.15) is 23.7 Å². The Morgan fingerprint density at radius 2 is 1.75 bits per heavy atom. The molecule has 4 aromatic rings. The number of hydrogen-bond donors (Lipinski definition) is 0. The van der Waals surface area contributed by atoms with Crippen LogP contribution in [-0.2, 0) is 6.18 Å². The SMILES string of the molecule is C=C(F)C(=C)N1CC(c2nn(-c3ccc(C(F)(F)F)cc3)c3nccc(-c4cnn(C(F)F)c4)c23)C1. The topological polar surface area (TPSA) is 51.8 Å². The molecule has 0 amide bonds. The molecule has 0 spiro atoms. The van der Waals surface area contributed by atoms with Gasteiger partial charge < -0.3 is 4.90 Å². The van der Waals surface area contributed by atoms with Crippen molar-refractivity contribution >= 4 is 11.0 Å². The third-order valence-electron chi connectivity index (χ3n) is 6.11. The Bertz CT molecular complexity index is 1460. The Kier molecular flexibility index (Phi) is 5.61. The molecule has 186 valence electrons. The molecule has 0 N–H and O–H groups in total. The summed E-state index contributed by atoms with van der Waals surface area (Å²) in [5.41, 5.74) is 1.49. The molecule has 4 heterocycles. The molecule has 0 atom stereocenters. The Labute approximate surface area is 200 Å². The van der Waals surface area contributed by atoms with E-state index >= 15 is 0 Å². The second kappa shape index (κ2) is 8.54. The van der Waals surface area contributed by atoms with Crippen molar-refractivity contribution in [3.8, 4) is 16.8 Å². The fourth-order valence-corrected chi connectivity index (χ4v) is 4.19. The molecule has 6 nitrogen and oxygen atoms in total. The second-order valence-electron chi connectivity index (χ2n) is 8.34. The molecule has 1 aliphatic heterocycles. The molecular formula is C24H18F6N6. The van der Waals surface area contributed by atoms with E-state index in [-0.39, 0.29) is 11.6 Å². The molecule has 3 aromatic heterocycles. The predicted octanol–water partition coefficient (Wildman–Crippen LogP) is 6.09. The fraction of sp³-hybridized carbons (Fsp3) is 0.208. The first-order valence-corrected chi connectivity index (χ1v) is 10.7. The highest BCUT2D eigenvalue weighted by Crippen LogP contribution is 2.39. The maximum Gasteiger partial charge on any atom is 0.416 e. The summed E-state index contributed by atoms with van der Waals surface area (Å²) in [6, 6.07) is 6.09. The van der Waals surface area contributed by atoms with Gasteiger partial charge in [0.05, 0.1) is 34.2 Å². The number of pyridine rings is 1. The highest BCUT2D eigenvalue weighted by molar-refractivity contribution is 5.95. The Morgan fingerprint density at radius 3 is 2.33 bits per heavy atom. The van der Waals surface area contributed by atoms with E-state index in [0.29, 0.717) is 51.3 Å². The summed E-state index contributed by atoms with van der Waals surface area (Å²) in [5.74, 6) is -0.859. The van der Waals surface area contributed by atoms with E-state index < -0.39 is 24.1 Å². The number of fused-ring (bicyclic) bond motifs is 1. The number of benzene rings is 1. The van der Waals surface area contributed by atoms with Gasteiger partial charge in [-0.05, 0) is 35.9 Å². The first-order chi connectivity index (χ1) is 17.0. The average Bonchev–Trinajstić information content (AvgIpc) is 3.43. The van der Waals surface area contributed by atoms with Crippen molar-refractivity contribution in [2.75, 3.05) is 13.1 Å². The summed E-state index contributed by atoms with van der Waals surface area (Å²) in [6.45, 7) is 4.83. The van der Waals surface area contributed by atoms with Crippen molar-refractivity contribution in [3.63, 3.8) is 0 Å². The molecule has 1 saturated heterocycles. The third kappa shape index (κ3) is 4.01. The lowest BCUT2D eigenvalue weighted by Crippen LogP contribution is -2.44. The standard InChI is InChI=1S/C24H18F6N6/c1-13(25)14(2)34-10-16(11-34)21-20-19(15-9-32-35(12-15)23(26)27)7-8-31-22(20)36(33-21)18-5-3-17(4-6-18)24(28,29)30/h3-9,12,16,23H,1-2,10-11H2. The Morgan fingerprint density at radius 1 is 1.06 bits per heavy atom. The van der Waals surface area contributed by atoms with Crippen LogP contribution in [0.5, 0.6) is 0 Å². The van der Waals surface area contributed by atoms with Gasteiger partial charge in [0.2, 0.25) is 0 Å². The average molecular weight is 504 g/mol. The Hall–Kier alpha value is -4.09. The molecule has 5 rings (SSSR count). The molecule has 12 heteroatoms. The number of rotatable bonds is 6. The van der Waals surface area contributed by atoms with E-state index in [1.165, 1.54) is 35.4 Å². The lowest BCUT2D eigenvalue weighted by Gasteiger charge is -2.41. The van der Waals surface area contributed by atoms with Crippen molar-refractivity contribution in [2.45, 2.75) is 18.6 Å². The van der Waals surface area contributed by atoms with Crippen LogP contribution in [0.25, 0.3) is 27.8 Å². The summed E-state index contributed by atoms with van der Waals surface area (Å²) in [4.78, 5) is 6.08. The number of hydrogen-bond acceptors (Lipinski definition) is 4. The van der Waals surface area contributed by atoms with Gasteiger partial charge in [-0.3, -0.25) is 0 Å². The van der Waals surface area contributed by atoms with Gasteiger partial charge >= 0.3 is 12.7 Å². The number of alkyl halides is 5. The van der Waals surface area contributed by atoms with Crippen molar-refractivity contribution in [1.29, 1.82) is 0 Å². The van der Waals surface area contributed by atoms with Crippen LogP contribution >= 0.6 is 0 Å². The highest BCUT2D eigenvalue weighted by atomic mass is 19.4. The van der Waals surface area contributed by atoms with Gasteiger partial charge in [0.25, 0.3) is 0 Å². The number of nitrogens with zero attached hydrogens (tertiary/aromatic N) is 6. The third-order valence-corrected chi connectivity index (χ3v) is 6.11. The van der Waals surface area contributed by atoms with Gasteiger partial charge in [-0.25, -0.2) is 18.7 Å². The van der Waals surface area contributed by atoms with Crippen LogP contribution in [0.4, 0.5) is 26.3 Å². The van der Waals surface area contributed by atoms with Crippen LogP contribution in [0, 0.1) is 0 Å². The van der Waals surface area contributed by atoms with Gasteiger partial charge in [0.1, 0.15) is 5.83 Å². The number of aromatic nitrogens is 5. The minimum atomic E-state index is -4.50. The van der Waals surface area contributed by atoms with Crippen LogP contribution in [0.2, 0.25) is 0 Å². The van der Waals surface area contributed by atoms with Crippen molar-refractivity contribution in [3.05, 3.63) is 84.9 Å². The molecular weight excluding hydrogens is 486 g/mol. The first kappa shape index (κ1) is 23.6. The van der Waals surface area contributed by atoms with Crippen LogP contribution < -0.4 is 0 Å². The van der Waals surface area contributed by atoms with Gasteiger partial charge in [-0.2, -0.15) is 32.1 Å². The zero-order chi connectivity index (χ0) is 25.8. The second-order valence-corrected chi connectivity index (χ2v) is 8.34. The zero-order valence-corrected chi connectivity index (χ0v) is 18.6. The molecule has 0 aliphatic carbocycles. The fourth-order valence-electron chi connectivity index (χ4n) is 4.19. The molecule has 0 saturated carbocycles. The summed E-state index contributed by atoms with van der Waals surface area (Å²) in [6.07, 6.45) is -0.543. The van der Waals surface area contributed by atoms with E-state index in [0.717, 1.165) is 12.1 Å². The van der Waals surface area contributed by atoms with Gasteiger partial charge in [-0.15, -0.1) is 0 Å². The lowest BCUT2D eigenvalue weighted by atomic mass is 9.91. The van der Waals surface area contributed by atoms with E-state index in [9.17, 15) is 26.3 Å². The lowest BCUT2D eigenvalue weighted by molar-refractivity contribution is -0.137. The molecule has 0 bridgehead atoms. The van der Waals surface area contributed by atoms with Crippen molar-refractivity contribution in [2.24, 2.45) is 0 Å². The number of halogens is 6. The molecule has 36 heavy (non-hydrogen) atoms. The smallest absolute Gasteiger partial charge is 0.368 e. The van der Waals surface area contributed by atoms with Gasteiger partial charge in [0.15, 0.2) is 5.65 Å². The summed E-state index contributed by atoms with van der Waals surface area (Å²) in [7, 11) is 0. The maximum atomic E-state index is 13.5. The molecule has 1 fully saturated rings. The molecule has 0 radical (unpaired) electrons. The van der Waals surface area contributed by atoms with Crippen molar-refractivity contribution in [1.82, 2.24) is 29.4 Å². The minimum absolute atomic E-state index is 0.147. The van der Waals surface area contributed by atoms with Crippen LogP contribution in [-0.4, -0.2) is 42.5 Å². The summed E-state index contributed by atoms with van der Waals surface area (Å²) >= 11 is 0. The zero-order valence-electron chi connectivity index (χ0n) is 18.6. The monoisotopic (exact) mass is 504 g/mol. The predicted molar refractivity (Wildman–Crippen MR) is 120 cm³/mol. The number of allylic oxidation sites excluding steroid dienone is 1. The van der Waals surface area contributed by atoms with E-state index in [1.54, 1.807) is 11.0 Å². The molecule has 1 aromatic carbocycles. The van der Waals surface area contributed by atoms with E-state index in [2.05, 4.69) is 28.3 Å². The minimum Gasteiger partial charge on any atom is -0.368 e. The summed E-state index contributed by atoms with van der Waals surface area (Å²) < 4.78 is 80.9. The Balaban J connectivity index is 1.63.